The molecule has 0 fully saturated rings. The Labute approximate surface area is 588 Å². The summed E-state index contributed by atoms with van der Waals surface area (Å²) in [5.74, 6) is -1.60. The molecule has 0 aromatic carbocycles. The number of allylic oxidation sites excluding steroid dienone is 22. The van der Waals surface area contributed by atoms with Gasteiger partial charge in [0, 0.05) is 19.3 Å². The number of phosphoric acid groups is 2. The number of hydrogen-bond donors (Lipinski definition) is 4. The second kappa shape index (κ2) is 71.5. The van der Waals surface area contributed by atoms with E-state index < -0.39 is 91.5 Å². The molecule has 5 unspecified atom stereocenters. The molecule has 97 heavy (non-hydrogen) atoms. The van der Waals surface area contributed by atoms with Gasteiger partial charge in [-0.3, -0.25) is 32.5 Å². The van der Waals surface area contributed by atoms with E-state index in [0.717, 1.165) is 167 Å². The summed E-state index contributed by atoms with van der Waals surface area (Å²) in [4.78, 5) is 58.5. The van der Waals surface area contributed by atoms with Crippen molar-refractivity contribution in [3.8, 4) is 0 Å². The summed E-state index contributed by atoms with van der Waals surface area (Å²) >= 11 is 0. The fraction of sp³-hybridized carbons (Fsp3) is 0.684. The van der Waals surface area contributed by atoms with Crippen LogP contribution in [0.25, 0.3) is 0 Å². The van der Waals surface area contributed by atoms with Gasteiger partial charge >= 0.3 is 33.6 Å². The van der Waals surface area contributed by atoms with Crippen LogP contribution in [0.3, 0.4) is 0 Å². The minimum absolute atomic E-state index is 0.0901. The molecule has 0 saturated carbocycles. The average Bonchev–Trinajstić information content (AvgIpc) is 1.85. The number of esters is 3. The number of ether oxygens (including phenoxy) is 3. The van der Waals surface area contributed by atoms with Crippen molar-refractivity contribution in [3.05, 3.63) is 134 Å². The van der Waals surface area contributed by atoms with Gasteiger partial charge in [-0.05, 0) is 128 Å². The maximum atomic E-state index is 12.9. The summed E-state index contributed by atoms with van der Waals surface area (Å²) in [5.41, 5.74) is 0. The number of phosphoric ester groups is 2. The smallest absolute Gasteiger partial charge is 0.463 e. The number of hydrogen-bond acceptors (Lipinski definition) is 14. The topological polar surface area (TPSA) is 231 Å². The second-order valence-corrected chi connectivity index (χ2v) is 27.6. The third-order valence-electron chi connectivity index (χ3n) is 15.3. The summed E-state index contributed by atoms with van der Waals surface area (Å²) in [5, 5.41) is 20.6. The van der Waals surface area contributed by atoms with E-state index in [1.807, 2.05) is 0 Å². The summed E-state index contributed by atoms with van der Waals surface area (Å²) in [7, 11) is -9.79. The zero-order valence-corrected chi connectivity index (χ0v) is 62.2. The molecule has 5 atom stereocenters. The molecular weight excluding hydrogens is 1270 g/mol. The number of unbranched alkanes of at least 4 members (excludes halogenated alkanes) is 25. The summed E-state index contributed by atoms with van der Waals surface area (Å²) in [6, 6.07) is 0. The van der Waals surface area contributed by atoms with Crippen LogP contribution in [0, 0.1) is 0 Å². The number of carbonyl (C=O) groups is 3. The van der Waals surface area contributed by atoms with Crippen LogP contribution in [-0.4, -0.2) is 95.9 Å². The molecule has 0 bridgehead atoms. The van der Waals surface area contributed by atoms with Gasteiger partial charge in [0.2, 0.25) is 0 Å². The van der Waals surface area contributed by atoms with E-state index in [1.54, 1.807) is 0 Å². The van der Waals surface area contributed by atoms with E-state index in [-0.39, 0.29) is 19.3 Å². The van der Waals surface area contributed by atoms with Crippen molar-refractivity contribution in [2.24, 2.45) is 0 Å². The Morgan fingerprint density at radius 2 is 0.546 bits per heavy atom. The Bertz CT molecular complexity index is 2300. The quantitative estimate of drug-likeness (QED) is 0.0146. The van der Waals surface area contributed by atoms with E-state index in [0.29, 0.717) is 19.3 Å². The largest absolute Gasteiger partial charge is 0.472 e. The van der Waals surface area contributed by atoms with Crippen molar-refractivity contribution >= 4 is 33.6 Å². The molecule has 0 aliphatic carbocycles. The maximum absolute atomic E-state index is 12.9. The molecule has 0 radical (unpaired) electrons. The van der Waals surface area contributed by atoms with Crippen molar-refractivity contribution < 1.29 is 75.8 Å². The lowest BCUT2D eigenvalue weighted by Crippen LogP contribution is -2.30. The first-order valence-corrected chi connectivity index (χ1v) is 40.5. The molecule has 0 amide bonds. The Balaban J connectivity index is 4.52. The van der Waals surface area contributed by atoms with Crippen LogP contribution in [-0.2, 0) is 55.8 Å². The third kappa shape index (κ3) is 72.8. The molecule has 0 rings (SSSR count). The van der Waals surface area contributed by atoms with E-state index in [4.69, 9.17) is 32.3 Å². The zero-order valence-electron chi connectivity index (χ0n) is 60.5. The van der Waals surface area contributed by atoms with Gasteiger partial charge in [0.25, 0.3) is 0 Å². The van der Waals surface area contributed by atoms with Gasteiger partial charge in [-0.2, -0.15) is 0 Å². The Morgan fingerprint density at radius 1 is 0.299 bits per heavy atom. The molecule has 0 aliphatic heterocycles. The predicted octanol–water partition coefficient (Wildman–Crippen LogP) is 21.5. The molecule has 16 nitrogen and oxygen atoms in total. The zero-order chi connectivity index (χ0) is 70.9. The van der Waals surface area contributed by atoms with Gasteiger partial charge in [0.15, 0.2) is 6.10 Å². The molecule has 4 N–H and O–H groups in total. The maximum Gasteiger partial charge on any atom is 0.472 e. The van der Waals surface area contributed by atoms with Gasteiger partial charge in [-0.1, -0.05) is 276 Å². The van der Waals surface area contributed by atoms with E-state index in [9.17, 15) is 43.5 Å². The van der Waals surface area contributed by atoms with Crippen molar-refractivity contribution in [1.82, 2.24) is 0 Å². The van der Waals surface area contributed by atoms with Crippen LogP contribution in [0.5, 0.6) is 0 Å². The van der Waals surface area contributed by atoms with Crippen LogP contribution in [0.1, 0.15) is 290 Å². The Hall–Kier alpha value is -4.31. The molecular formula is C79H134O16P2. The number of aliphatic hydroxyl groups is 2. The van der Waals surface area contributed by atoms with Crippen LogP contribution >= 0.6 is 15.6 Å². The first-order chi connectivity index (χ1) is 47.2. The normalized spacial score (nSPS) is 14.8. The van der Waals surface area contributed by atoms with Crippen molar-refractivity contribution in [3.63, 3.8) is 0 Å². The lowest BCUT2D eigenvalue weighted by Gasteiger charge is -2.21. The highest BCUT2D eigenvalue weighted by molar-refractivity contribution is 7.47. The lowest BCUT2D eigenvalue weighted by molar-refractivity contribution is -0.161. The Kier molecular flexibility index (Phi) is 68.3. The van der Waals surface area contributed by atoms with Crippen LogP contribution in [0.4, 0.5) is 0 Å². The molecule has 0 aromatic heterocycles. The van der Waals surface area contributed by atoms with Crippen LogP contribution < -0.4 is 0 Å². The summed E-state index contributed by atoms with van der Waals surface area (Å²) < 4.78 is 61.0. The minimum Gasteiger partial charge on any atom is -0.463 e. The Morgan fingerprint density at radius 3 is 0.876 bits per heavy atom. The lowest BCUT2D eigenvalue weighted by atomic mass is 10.1. The minimum atomic E-state index is -4.93. The van der Waals surface area contributed by atoms with E-state index in [1.165, 1.54) is 64.2 Å². The molecule has 18 heteroatoms. The average molecular weight is 1400 g/mol. The van der Waals surface area contributed by atoms with E-state index in [2.05, 4.69) is 154 Å². The highest BCUT2D eigenvalue weighted by Gasteiger charge is 2.29. The first kappa shape index (κ1) is 92.7. The molecule has 0 spiro atoms. The number of aliphatic hydroxyl groups excluding tert-OH is 2. The van der Waals surface area contributed by atoms with Crippen molar-refractivity contribution in [1.29, 1.82) is 0 Å². The van der Waals surface area contributed by atoms with Gasteiger partial charge < -0.3 is 34.2 Å². The van der Waals surface area contributed by atoms with Gasteiger partial charge in [-0.25, -0.2) is 9.13 Å². The van der Waals surface area contributed by atoms with Crippen molar-refractivity contribution in [2.45, 2.75) is 309 Å². The van der Waals surface area contributed by atoms with Gasteiger partial charge in [-0.15, -0.1) is 0 Å². The van der Waals surface area contributed by atoms with Crippen LogP contribution in [0.2, 0.25) is 0 Å². The third-order valence-corrected chi connectivity index (χ3v) is 17.2. The highest BCUT2D eigenvalue weighted by atomic mass is 31.2. The molecule has 0 heterocycles. The first-order valence-electron chi connectivity index (χ1n) is 37.5. The van der Waals surface area contributed by atoms with E-state index >= 15 is 0 Å². The standard InChI is InChI=1S/C79H134O16P2/c1-4-7-10-13-16-19-22-24-26-28-30-32-34-36-38-40-42-44-46-48-51-53-56-59-62-65-77(82)89-68-74(80)69-91-96(85,86)92-70-75(81)71-93-97(87,88)94-73-76(95-79(84)67-64-61-58-55-50-21-18-15-12-9-6-3)72-90-78(83)66-63-60-57-54-52-49-47-45-43-41-39-37-35-33-31-29-27-25-23-20-17-14-11-8-5-2/h7-8,10-11,15-20,24-27,30-33,36-39,74-76,80-81H,4-6,9,12-14,21-23,28-29,34-35,40-73H2,1-3H3,(H,85,86)(H,87,88)/b10-7-,11-8-,18-15-,19-16-,20-17-,26-24-,27-25-,32-30-,33-31-,38-36-,39-37-. The van der Waals surface area contributed by atoms with Crippen LogP contribution in [0.15, 0.2) is 134 Å². The second-order valence-electron chi connectivity index (χ2n) is 24.7. The fourth-order valence-corrected chi connectivity index (χ4v) is 11.2. The SMILES string of the molecule is CC/C=C\C/C=C\C/C=C\C/C=C\C/C=C\CCCCCCCCCCCC(=O)OCC(O)COP(=O)(O)OCC(O)COP(=O)(O)OCC(COC(=O)CCCCCCCCCCC/C=C\C/C=C\C/C=C\C/C=C\C/C=C\CC)OC(=O)CCCCCCC/C=C\CCCC. The number of carbonyl (C=O) groups excluding carboxylic acids is 3. The molecule has 0 saturated heterocycles. The monoisotopic (exact) mass is 1400 g/mol. The molecule has 0 aromatic rings. The predicted molar refractivity (Wildman–Crippen MR) is 399 cm³/mol. The van der Waals surface area contributed by atoms with Gasteiger partial charge in [0.05, 0.1) is 26.4 Å². The molecule has 0 aliphatic rings. The summed E-state index contributed by atoms with van der Waals surface area (Å²) in [6.07, 6.45) is 85.1. The highest BCUT2D eigenvalue weighted by Crippen LogP contribution is 2.45. The number of rotatable bonds is 70. The summed E-state index contributed by atoms with van der Waals surface area (Å²) in [6.45, 7) is 2.38. The van der Waals surface area contributed by atoms with Crippen molar-refractivity contribution in [2.75, 3.05) is 39.6 Å². The molecule has 556 valence electrons. The fourth-order valence-electron chi connectivity index (χ4n) is 9.66. The van der Waals surface area contributed by atoms with Gasteiger partial charge in [0.1, 0.15) is 25.4 Å².